The summed E-state index contributed by atoms with van der Waals surface area (Å²) in [6.45, 7) is 4.72. The zero-order chi connectivity index (χ0) is 10.7. The maximum Gasteiger partial charge on any atom is 0.0695 e. The van der Waals surface area contributed by atoms with Crippen LogP contribution in [0.2, 0.25) is 0 Å². The summed E-state index contributed by atoms with van der Waals surface area (Å²) < 4.78 is 0. The van der Waals surface area contributed by atoms with Crippen molar-refractivity contribution in [2.75, 3.05) is 13.1 Å². The van der Waals surface area contributed by atoms with Crippen LogP contribution in [0.25, 0.3) is 0 Å². The highest BCUT2D eigenvalue weighted by Gasteiger charge is 2.33. The smallest absolute Gasteiger partial charge is 0.0695 e. The summed E-state index contributed by atoms with van der Waals surface area (Å²) in [5.41, 5.74) is 0. The van der Waals surface area contributed by atoms with Crippen molar-refractivity contribution in [1.29, 1.82) is 0 Å². The van der Waals surface area contributed by atoms with Crippen molar-refractivity contribution in [2.24, 2.45) is 5.92 Å². The van der Waals surface area contributed by atoms with Crippen LogP contribution in [0.1, 0.15) is 51.9 Å². The first-order chi connectivity index (χ1) is 7.31. The molecule has 15 heavy (non-hydrogen) atoms. The van der Waals surface area contributed by atoms with E-state index in [1.54, 1.807) is 0 Å². The third-order valence-electron chi connectivity index (χ3n) is 4.20. The number of likely N-dealkylation sites (tertiary alicyclic amines) is 1. The number of nitrogens with zero attached hydrogens (tertiary/aromatic N) is 1. The van der Waals surface area contributed by atoms with E-state index in [0.29, 0.717) is 6.04 Å². The first-order valence-electron chi connectivity index (χ1n) is 6.73. The number of rotatable bonds is 3. The van der Waals surface area contributed by atoms with E-state index >= 15 is 0 Å². The Morgan fingerprint density at radius 3 is 2.60 bits per heavy atom. The molecule has 2 fully saturated rings. The van der Waals surface area contributed by atoms with Gasteiger partial charge in [0.25, 0.3) is 0 Å². The molecule has 0 aromatic carbocycles. The van der Waals surface area contributed by atoms with Crippen molar-refractivity contribution in [3.05, 3.63) is 0 Å². The zero-order valence-electron chi connectivity index (χ0n) is 9.99. The predicted octanol–water partition coefficient (Wildman–Crippen LogP) is 2.41. The second kappa shape index (κ2) is 5.31. The molecular formula is C13H25NO. The molecule has 2 heteroatoms. The number of aliphatic hydroxyl groups excluding tert-OH is 1. The van der Waals surface area contributed by atoms with Gasteiger partial charge in [-0.2, -0.15) is 0 Å². The van der Waals surface area contributed by atoms with Crippen molar-refractivity contribution in [3.8, 4) is 0 Å². The summed E-state index contributed by atoms with van der Waals surface area (Å²) >= 11 is 0. The SMILES string of the molecule is CCCC1CCC(O)C(N2CCCC2)C1. The Morgan fingerprint density at radius 2 is 1.93 bits per heavy atom. The maximum absolute atomic E-state index is 10.1. The number of aliphatic hydroxyl groups is 1. The standard InChI is InChI=1S/C13H25NO/c1-2-5-11-6-7-13(15)12(10-11)14-8-3-4-9-14/h11-13,15H,2-10H2,1H3. The molecule has 3 unspecified atom stereocenters. The van der Waals surface area contributed by atoms with Gasteiger partial charge in [0.05, 0.1) is 6.10 Å². The van der Waals surface area contributed by atoms with Gasteiger partial charge in [-0.15, -0.1) is 0 Å². The summed E-state index contributed by atoms with van der Waals surface area (Å²) in [5, 5.41) is 10.1. The quantitative estimate of drug-likeness (QED) is 0.775. The van der Waals surface area contributed by atoms with Crippen LogP contribution in [0.4, 0.5) is 0 Å². The third-order valence-corrected chi connectivity index (χ3v) is 4.20. The molecule has 3 atom stereocenters. The molecule has 2 rings (SSSR count). The van der Waals surface area contributed by atoms with Gasteiger partial charge in [-0.3, -0.25) is 4.90 Å². The molecule has 1 saturated carbocycles. The van der Waals surface area contributed by atoms with E-state index in [1.807, 2.05) is 0 Å². The predicted molar refractivity (Wildman–Crippen MR) is 62.9 cm³/mol. The van der Waals surface area contributed by atoms with Crippen LogP contribution >= 0.6 is 0 Å². The van der Waals surface area contributed by atoms with Gasteiger partial charge >= 0.3 is 0 Å². The first-order valence-corrected chi connectivity index (χ1v) is 6.73. The van der Waals surface area contributed by atoms with E-state index in [-0.39, 0.29) is 6.10 Å². The lowest BCUT2D eigenvalue weighted by Crippen LogP contribution is -2.46. The van der Waals surface area contributed by atoms with Crippen LogP contribution in [-0.2, 0) is 0 Å². The number of hydrogen-bond donors (Lipinski definition) is 1. The summed E-state index contributed by atoms with van der Waals surface area (Å²) in [6.07, 6.45) is 8.81. The molecular weight excluding hydrogens is 186 g/mol. The van der Waals surface area contributed by atoms with Gasteiger partial charge in [0, 0.05) is 6.04 Å². The second-order valence-electron chi connectivity index (χ2n) is 5.35. The van der Waals surface area contributed by atoms with E-state index in [0.717, 1.165) is 12.3 Å². The van der Waals surface area contributed by atoms with E-state index in [9.17, 15) is 5.11 Å². The Labute approximate surface area is 93.7 Å². The molecule has 1 aliphatic carbocycles. The van der Waals surface area contributed by atoms with Gasteiger partial charge in [-0.1, -0.05) is 19.8 Å². The lowest BCUT2D eigenvalue weighted by molar-refractivity contribution is 0.0117. The van der Waals surface area contributed by atoms with Crippen LogP contribution < -0.4 is 0 Å². The molecule has 0 aromatic heterocycles. The highest BCUT2D eigenvalue weighted by atomic mass is 16.3. The molecule has 2 aliphatic rings. The van der Waals surface area contributed by atoms with E-state index in [4.69, 9.17) is 0 Å². The molecule has 1 N–H and O–H groups in total. The summed E-state index contributed by atoms with van der Waals surface area (Å²) in [4.78, 5) is 2.53. The van der Waals surface area contributed by atoms with E-state index in [2.05, 4.69) is 11.8 Å². The molecule has 0 aromatic rings. The Balaban J connectivity index is 1.89. The normalized spacial score (nSPS) is 38.4. The molecule has 1 heterocycles. The molecule has 0 spiro atoms. The molecule has 88 valence electrons. The first kappa shape index (κ1) is 11.4. The topological polar surface area (TPSA) is 23.5 Å². The van der Waals surface area contributed by atoms with Gasteiger partial charge in [0.2, 0.25) is 0 Å². The largest absolute Gasteiger partial charge is 0.391 e. The summed E-state index contributed by atoms with van der Waals surface area (Å²) in [6, 6.07) is 0.484. The fraction of sp³-hybridized carbons (Fsp3) is 1.00. The average molecular weight is 211 g/mol. The average Bonchev–Trinajstić information content (AvgIpc) is 2.74. The van der Waals surface area contributed by atoms with Crippen molar-refractivity contribution in [1.82, 2.24) is 4.90 Å². The molecule has 0 radical (unpaired) electrons. The minimum absolute atomic E-state index is 0.0452. The molecule has 0 amide bonds. The van der Waals surface area contributed by atoms with Crippen molar-refractivity contribution >= 4 is 0 Å². The summed E-state index contributed by atoms with van der Waals surface area (Å²) in [7, 11) is 0. The van der Waals surface area contributed by atoms with E-state index in [1.165, 1.54) is 51.6 Å². The van der Waals surface area contributed by atoms with Crippen LogP contribution in [-0.4, -0.2) is 35.2 Å². The highest BCUT2D eigenvalue weighted by Crippen LogP contribution is 2.32. The molecule has 1 aliphatic heterocycles. The van der Waals surface area contributed by atoms with Crippen LogP contribution in [0, 0.1) is 5.92 Å². The van der Waals surface area contributed by atoms with E-state index < -0.39 is 0 Å². The monoisotopic (exact) mass is 211 g/mol. The number of hydrogen-bond acceptors (Lipinski definition) is 2. The highest BCUT2D eigenvalue weighted by molar-refractivity contribution is 4.88. The fourth-order valence-corrected chi connectivity index (χ4v) is 3.35. The van der Waals surface area contributed by atoms with Gasteiger partial charge in [-0.25, -0.2) is 0 Å². The minimum Gasteiger partial charge on any atom is -0.391 e. The fourth-order valence-electron chi connectivity index (χ4n) is 3.35. The van der Waals surface area contributed by atoms with Gasteiger partial charge < -0.3 is 5.11 Å². The lowest BCUT2D eigenvalue weighted by Gasteiger charge is -2.38. The minimum atomic E-state index is -0.0452. The Bertz CT molecular complexity index is 189. The maximum atomic E-state index is 10.1. The Morgan fingerprint density at radius 1 is 1.20 bits per heavy atom. The molecule has 1 saturated heterocycles. The Kier molecular flexibility index (Phi) is 4.04. The lowest BCUT2D eigenvalue weighted by atomic mass is 9.81. The van der Waals surface area contributed by atoms with Gasteiger partial charge in [-0.05, 0) is 51.1 Å². The van der Waals surface area contributed by atoms with Crippen molar-refractivity contribution < 1.29 is 5.11 Å². The van der Waals surface area contributed by atoms with Crippen molar-refractivity contribution in [2.45, 2.75) is 64.0 Å². The second-order valence-corrected chi connectivity index (χ2v) is 5.35. The molecule has 2 nitrogen and oxygen atoms in total. The van der Waals surface area contributed by atoms with Crippen LogP contribution in [0.3, 0.4) is 0 Å². The zero-order valence-corrected chi connectivity index (χ0v) is 9.99. The van der Waals surface area contributed by atoms with Gasteiger partial charge in [0.15, 0.2) is 0 Å². The Hall–Kier alpha value is -0.0800. The molecule has 0 bridgehead atoms. The summed E-state index contributed by atoms with van der Waals surface area (Å²) in [5.74, 6) is 0.879. The van der Waals surface area contributed by atoms with Gasteiger partial charge in [0.1, 0.15) is 0 Å². The van der Waals surface area contributed by atoms with Crippen LogP contribution in [0.15, 0.2) is 0 Å². The van der Waals surface area contributed by atoms with Crippen molar-refractivity contribution in [3.63, 3.8) is 0 Å². The van der Waals surface area contributed by atoms with Crippen LogP contribution in [0.5, 0.6) is 0 Å². The third kappa shape index (κ3) is 2.73.